The zero-order chi connectivity index (χ0) is 36.9. The summed E-state index contributed by atoms with van der Waals surface area (Å²) in [4.78, 5) is 26.7. The van der Waals surface area contributed by atoms with Crippen molar-refractivity contribution in [2.24, 2.45) is 17.3 Å². The predicted octanol–water partition coefficient (Wildman–Crippen LogP) is 3.29. The van der Waals surface area contributed by atoms with E-state index in [0.717, 1.165) is 16.9 Å². The van der Waals surface area contributed by atoms with Crippen molar-refractivity contribution in [3.8, 4) is 11.5 Å². The highest BCUT2D eigenvalue weighted by atomic mass is 32.2. The first-order valence-corrected chi connectivity index (χ1v) is 20.0. The average Bonchev–Trinajstić information content (AvgIpc) is 3.94. The van der Waals surface area contributed by atoms with E-state index in [4.69, 9.17) is 18.9 Å². The summed E-state index contributed by atoms with van der Waals surface area (Å²) in [5, 5.41) is 28.1. The maximum Gasteiger partial charge on any atom is 0.243 e. The minimum Gasteiger partial charge on any atom is -0.530 e. The van der Waals surface area contributed by atoms with Crippen molar-refractivity contribution in [3.05, 3.63) is 54.1 Å². The number of aliphatic hydroxyl groups is 1. The van der Waals surface area contributed by atoms with Gasteiger partial charge in [-0.3, -0.25) is 4.79 Å². The molecule has 52 heavy (non-hydrogen) atoms. The quantitative estimate of drug-likeness (QED) is 0.246. The number of sulfonamides is 1. The molecule has 0 unspecified atom stereocenters. The van der Waals surface area contributed by atoms with Crippen LogP contribution in [-0.2, 0) is 30.7 Å². The number of nitrogens with one attached hydrogen (secondary N) is 1. The van der Waals surface area contributed by atoms with Gasteiger partial charge in [0.05, 0.1) is 36.3 Å². The van der Waals surface area contributed by atoms with Crippen molar-refractivity contribution in [2.45, 2.75) is 101 Å². The van der Waals surface area contributed by atoms with Crippen molar-refractivity contribution < 1.29 is 47.2 Å². The number of carbonyl (C=O) groups is 2. The number of benzene rings is 2. The van der Waals surface area contributed by atoms with Crippen LogP contribution in [0.4, 0.5) is 4.79 Å². The maximum absolute atomic E-state index is 14.5. The summed E-state index contributed by atoms with van der Waals surface area (Å²) < 4.78 is 52.6. The molecule has 0 bridgehead atoms. The minimum atomic E-state index is -4.27. The first kappa shape index (κ1) is 38.3. The molecule has 3 fully saturated rings. The summed E-state index contributed by atoms with van der Waals surface area (Å²) in [5.41, 5.74) is 0.114. The lowest BCUT2D eigenvalue weighted by Crippen LogP contribution is -2.61. The highest BCUT2D eigenvalue weighted by Gasteiger charge is 2.47. The zero-order valence-electron chi connectivity index (χ0n) is 30.1. The van der Waals surface area contributed by atoms with Crippen LogP contribution in [0.3, 0.4) is 0 Å². The molecule has 2 saturated heterocycles. The number of fused-ring (bicyclic) bond motifs is 2. The zero-order valence-corrected chi connectivity index (χ0v) is 30.9. The standard InChI is InChI=1S/C38H53N3O10S/c1-38(2,17-18-39-35(43)15-12-26-8-6-7-9-26)24-40(52(46,47)28-13-14-33-34(21-28)51-25-50-33)22-32(42)30(20-27-10-4-3-5-11-27)41(37(44)45)31-23-49-36-29(31)16-19-48-36/h3-5,10-11,13-14,21,26,29-32,36,42H,6-9,12,15-20,22-25H2,1-2H3,(H,39,43)(H,44,45)/p-1/t29-,30-,31-,32+,36+/m0/s1. The Morgan fingerprint density at radius 1 is 1.04 bits per heavy atom. The molecule has 2 aromatic rings. The Hall–Kier alpha value is -3.43. The van der Waals surface area contributed by atoms with Crippen LogP contribution in [0.5, 0.6) is 11.5 Å². The van der Waals surface area contributed by atoms with Crippen LogP contribution < -0.4 is 19.9 Å². The Morgan fingerprint density at radius 3 is 2.54 bits per heavy atom. The van der Waals surface area contributed by atoms with E-state index < -0.39 is 52.6 Å². The van der Waals surface area contributed by atoms with Crippen LogP contribution in [0.25, 0.3) is 0 Å². The van der Waals surface area contributed by atoms with Gasteiger partial charge in [-0.05, 0) is 54.7 Å². The third kappa shape index (κ3) is 9.19. The van der Waals surface area contributed by atoms with E-state index in [1.165, 1.54) is 48.2 Å². The largest absolute Gasteiger partial charge is 0.530 e. The molecule has 14 heteroatoms. The van der Waals surface area contributed by atoms with Gasteiger partial charge in [0, 0.05) is 38.0 Å². The van der Waals surface area contributed by atoms with Crippen molar-refractivity contribution in [2.75, 3.05) is 39.6 Å². The van der Waals surface area contributed by atoms with Gasteiger partial charge in [-0.15, -0.1) is 0 Å². The van der Waals surface area contributed by atoms with E-state index in [0.29, 0.717) is 49.8 Å². The first-order valence-electron chi connectivity index (χ1n) is 18.5. The second kappa shape index (κ2) is 16.7. The Bertz CT molecular complexity index is 1630. The van der Waals surface area contributed by atoms with E-state index in [9.17, 15) is 28.2 Å². The minimum absolute atomic E-state index is 0.0140. The highest BCUT2D eigenvalue weighted by Crippen LogP contribution is 2.38. The van der Waals surface area contributed by atoms with E-state index >= 15 is 0 Å². The molecule has 1 saturated carbocycles. The lowest BCUT2D eigenvalue weighted by Gasteiger charge is -2.43. The summed E-state index contributed by atoms with van der Waals surface area (Å²) in [6.45, 7) is 4.22. The van der Waals surface area contributed by atoms with Crippen molar-refractivity contribution >= 4 is 22.0 Å². The maximum atomic E-state index is 14.5. The number of rotatable bonds is 17. The van der Waals surface area contributed by atoms with Gasteiger partial charge in [-0.2, -0.15) is 4.31 Å². The number of hydrogen-bond acceptors (Lipinski definition) is 10. The Kier molecular flexibility index (Phi) is 12.3. The molecular formula is C38H52N3O10S-. The van der Waals surface area contributed by atoms with Gasteiger partial charge >= 0.3 is 0 Å². The van der Waals surface area contributed by atoms with Gasteiger partial charge < -0.3 is 44.2 Å². The van der Waals surface area contributed by atoms with E-state index in [-0.39, 0.29) is 43.1 Å². The van der Waals surface area contributed by atoms with Gasteiger partial charge in [-0.25, -0.2) is 8.42 Å². The van der Waals surface area contributed by atoms with Crippen LogP contribution in [0.15, 0.2) is 53.4 Å². The Labute approximate surface area is 306 Å². The number of aliphatic hydroxyl groups excluding tert-OH is 1. The van der Waals surface area contributed by atoms with Crippen molar-refractivity contribution in [1.82, 2.24) is 14.5 Å². The fourth-order valence-corrected chi connectivity index (χ4v) is 9.77. The average molecular weight is 743 g/mol. The van der Waals surface area contributed by atoms with E-state index in [2.05, 4.69) is 5.32 Å². The van der Waals surface area contributed by atoms with Crippen LogP contribution in [-0.4, -0.2) is 98.8 Å². The molecule has 0 aromatic heterocycles. The summed E-state index contributed by atoms with van der Waals surface area (Å²) >= 11 is 0. The lowest BCUT2D eigenvalue weighted by molar-refractivity contribution is -0.273. The number of nitrogens with zero attached hydrogens (tertiary/aromatic N) is 2. The molecule has 3 aliphatic heterocycles. The Morgan fingerprint density at radius 2 is 1.79 bits per heavy atom. The molecule has 3 heterocycles. The molecular weight excluding hydrogens is 690 g/mol. The molecule has 6 rings (SSSR count). The molecule has 13 nitrogen and oxygen atoms in total. The number of carboxylic acid groups (broad SMARTS) is 1. The topological polar surface area (TPSA) is 167 Å². The summed E-state index contributed by atoms with van der Waals surface area (Å²) in [6.07, 6.45) is 3.83. The second-order valence-corrected chi connectivity index (χ2v) is 17.3. The number of carbonyl (C=O) groups excluding carboxylic acids is 2. The van der Waals surface area contributed by atoms with Crippen LogP contribution in [0.1, 0.15) is 70.8 Å². The highest BCUT2D eigenvalue weighted by molar-refractivity contribution is 7.89. The van der Waals surface area contributed by atoms with E-state index in [1.54, 1.807) is 0 Å². The molecule has 4 aliphatic rings. The monoisotopic (exact) mass is 742 g/mol. The fourth-order valence-electron chi connectivity index (χ4n) is 8.10. The molecule has 2 aromatic carbocycles. The second-order valence-electron chi connectivity index (χ2n) is 15.4. The van der Waals surface area contributed by atoms with Crippen LogP contribution in [0.2, 0.25) is 0 Å². The van der Waals surface area contributed by atoms with Crippen molar-refractivity contribution in [1.29, 1.82) is 0 Å². The molecule has 0 radical (unpaired) electrons. The Balaban J connectivity index is 1.24. The van der Waals surface area contributed by atoms with Crippen LogP contribution in [0, 0.1) is 17.3 Å². The number of hydrogen-bond donors (Lipinski definition) is 2. The third-order valence-corrected chi connectivity index (χ3v) is 12.8. The molecule has 1 aliphatic carbocycles. The lowest BCUT2D eigenvalue weighted by atomic mass is 9.89. The number of ether oxygens (including phenoxy) is 4. The van der Waals surface area contributed by atoms with Gasteiger partial charge in [0.25, 0.3) is 0 Å². The molecule has 0 spiro atoms. The van der Waals surface area contributed by atoms with Crippen LogP contribution >= 0.6 is 0 Å². The molecule has 2 N–H and O–H groups in total. The summed E-state index contributed by atoms with van der Waals surface area (Å²) in [5.74, 6) is 1.07. The van der Waals surface area contributed by atoms with Gasteiger partial charge in [0.1, 0.15) is 6.09 Å². The normalized spacial score (nSPS) is 22.7. The SMILES string of the molecule is CC(C)(CCNC(=O)CCC1CCCC1)CN(C[C@@H](O)[C@H](Cc1ccccc1)N(C(=O)[O-])[C@H]1CO[C@H]2OCC[C@H]21)S(=O)(=O)c1ccc2c(c1)OCO2. The molecule has 5 atom stereocenters. The van der Waals surface area contributed by atoms with Gasteiger partial charge in [-0.1, -0.05) is 69.9 Å². The number of amides is 2. The predicted molar refractivity (Wildman–Crippen MR) is 189 cm³/mol. The van der Waals surface area contributed by atoms with Crippen molar-refractivity contribution in [3.63, 3.8) is 0 Å². The smallest absolute Gasteiger partial charge is 0.243 e. The first-order chi connectivity index (χ1) is 24.9. The third-order valence-electron chi connectivity index (χ3n) is 11.0. The van der Waals surface area contributed by atoms with Gasteiger partial charge in [0.2, 0.25) is 22.7 Å². The van der Waals surface area contributed by atoms with E-state index in [1.807, 2.05) is 44.2 Å². The molecule has 286 valence electrons. The molecule has 2 amide bonds. The summed E-state index contributed by atoms with van der Waals surface area (Å²) in [7, 11) is -4.27. The van der Waals surface area contributed by atoms with Gasteiger partial charge in [0.15, 0.2) is 17.8 Å². The fraction of sp³-hybridized carbons (Fsp3) is 0.632. The summed E-state index contributed by atoms with van der Waals surface area (Å²) in [6, 6.07) is 11.8.